The van der Waals surface area contributed by atoms with E-state index >= 15 is 0 Å². The van der Waals surface area contributed by atoms with Gasteiger partial charge in [-0.2, -0.15) is 0 Å². The van der Waals surface area contributed by atoms with Crippen LogP contribution in [0.4, 0.5) is 5.82 Å². The summed E-state index contributed by atoms with van der Waals surface area (Å²) in [4.78, 5) is 13.6. The van der Waals surface area contributed by atoms with Gasteiger partial charge in [0.1, 0.15) is 5.82 Å². The smallest absolute Gasteiger partial charge is 0.339 e. The Morgan fingerprint density at radius 1 is 1.82 bits per heavy atom. The van der Waals surface area contributed by atoms with Gasteiger partial charge in [-0.3, -0.25) is 0 Å². The van der Waals surface area contributed by atoms with Crippen molar-refractivity contribution in [2.45, 2.75) is 6.92 Å². The lowest BCUT2D eigenvalue weighted by Gasteiger charge is -1.95. The van der Waals surface area contributed by atoms with Crippen molar-refractivity contribution < 1.29 is 9.53 Å². The number of carbonyl (C=O) groups is 1. The number of esters is 1. The molecule has 3 N–H and O–H groups in total. The maximum atomic E-state index is 11.0. The van der Waals surface area contributed by atoms with Crippen molar-refractivity contribution in [1.29, 1.82) is 0 Å². The number of aromatic nitrogens is 1. The van der Waals surface area contributed by atoms with Gasteiger partial charge in [0.2, 0.25) is 0 Å². The van der Waals surface area contributed by atoms with E-state index in [1.807, 2.05) is 0 Å². The Morgan fingerprint density at radius 2 is 2.55 bits per heavy atom. The molecule has 0 fully saturated rings. The number of H-pyrrole nitrogens is 1. The van der Waals surface area contributed by atoms with E-state index in [2.05, 4.69) is 4.98 Å². The van der Waals surface area contributed by atoms with Gasteiger partial charge in [0, 0.05) is 6.20 Å². The van der Waals surface area contributed by atoms with E-state index < -0.39 is 0 Å². The first-order valence-electron chi connectivity index (χ1n) is 3.35. The molecule has 0 bridgehead atoms. The van der Waals surface area contributed by atoms with E-state index in [9.17, 15) is 4.79 Å². The van der Waals surface area contributed by atoms with Crippen LogP contribution < -0.4 is 5.73 Å². The van der Waals surface area contributed by atoms with E-state index in [0.717, 1.165) is 0 Å². The number of anilines is 1. The number of rotatable bonds is 2. The number of hydrogen-bond acceptors (Lipinski definition) is 3. The van der Waals surface area contributed by atoms with Gasteiger partial charge in [0.15, 0.2) is 0 Å². The number of carbonyl (C=O) groups excluding carboxylic acids is 1. The minimum absolute atomic E-state index is 0.347. The van der Waals surface area contributed by atoms with Crippen LogP contribution >= 0.6 is 0 Å². The van der Waals surface area contributed by atoms with Crippen molar-refractivity contribution in [2.75, 3.05) is 12.3 Å². The SMILES string of the molecule is CCOC(=O)c1c[nH]c(N)c1. The van der Waals surface area contributed by atoms with E-state index in [1.54, 1.807) is 6.92 Å². The quantitative estimate of drug-likeness (QED) is 0.618. The summed E-state index contributed by atoms with van der Waals surface area (Å²) < 4.78 is 4.73. The second-order valence-electron chi connectivity index (χ2n) is 2.06. The monoisotopic (exact) mass is 154 g/mol. The molecule has 0 aliphatic rings. The van der Waals surface area contributed by atoms with Gasteiger partial charge < -0.3 is 15.5 Å². The Kier molecular flexibility index (Phi) is 2.15. The Bertz CT molecular complexity index is 255. The zero-order valence-corrected chi connectivity index (χ0v) is 6.26. The molecule has 0 amide bonds. The van der Waals surface area contributed by atoms with Gasteiger partial charge >= 0.3 is 5.97 Å². The summed E-state index contributed by atoms with van der Waals surface area (Å²) in [5, 5.41) is 0. The first-order chi connectivity index (χ1) is 5.24. The summed E-state index contributed by atoms with van der Waals surface area (Å²) in [7, 11) is 0. The van der Waals surface area contributed by atoms with Crippen molar-refractivity contribution in [3.8, 4) is 0 Å². The predicted molar refractivity (Wildman–Crippen MR) is 41.2 cm³/mol. The molecule has 0 atom stereocenters. The van der Waals surface area contributed by atoms with E-state index in [1.165, 1.54) is 12.3 Å². The lowest BCUT2D eigenvalue weighted by molar-refractivity contribution is 0.0526. The second kappa shape index (κ2) is 3.09. The van der Waals surface area contributed by atoms with Gasteiger partial charge in [0.25, 0.3) is 0 Å². The minimum Gasteiger partial charge on any atom is -0.462 e. The highest BCUT2D eigenvalue weighted by Gasteiger charge is 2.06. The van der Waals surface area contributed by atoms with Crippen molar-refractivity contribution in [2.24, 2.45) is 0 Å². The van der Waals surface area contributed by atoms with Crippen molar-refractivity contribution in [3.05, 3.63) is 17.8 Å². The summed E-state index contributed by atoms with van der Waals surface area (Å²) in [6, 6.07) is 1.54. The second-order valence-corrected chi connectivity index (χ2v) is 2.06. The van der Waals surface area contributed by atoms with E-state index in [-0.39, 0.29) is 5.97 Å². The molecule has 0 spiro atoms. The van der Waals surface area contributed by atoms with Crippen LogP contribution in [0.2, 0.25) is 0 Å². The van der Waals surface area contributed by atoms with Gasteiger partial charge in [-0.05, 0) is 13.0 Å². The molecule has 0 aliphatic heterocycles. The highest BCUT2D eigenvalue weighted by molar-refractivity contribution is 5.90. The van der Waals surface area contributed by atoms with Crippen molar-refractivity contribution in [3.63, 3.8) is 0 Å². The van der Waals surface area contributed by atoms with Crippen LogP contribution in [0.25, 0.3) is 0 Å². The highest BCUT2D eigenvalue weighted by atomic mass is 16.5. The zero-order valence-electron chi connectivity index (χ0n) is 6.26. The van der Waals surface area contributed by atoms with Crippen LogP contribution in [0.5, 0.6) is 0 Å². The number of aromatic amines is 1. The summed E-state index contributed by atoms with van der Waals surface area (Å²) in [5.74, 6) is 0.119. The summed E-state index contributed by atoms with van der Waals surface area (Å²) in [5.41, 5.74) is 5.81. The van der Waals surface area contributed by atoms with E-state index in [0.29, 0.717) is 18.0 Å². The molecular formula is C7H10N2O2. The molecule has 1 aromatic heterocycles. The van der Waals surface area contributed by atoms with Gasteiger partial charge in [0.05, 0.1) is 12.2 Å². The molecule has 11 heavy (non-hydrogen) atoms. The molecular weight excluding hydrogens is 144 g/mol. The Hall–Kier alpha value is -1.45. The molecule has 0 saturated heterocycles. The average Bonchev–Trinajstić information content (AvgIpc) is 2.36. The van der Waals surface area contributed by atoms with E-state index in [4.69, 9.17) is 10.5 Å². The molecule has 0 saturated carbocycles. The number of ether oxygens (including phenoxy) is 1. The highest BCUT2D eigenvalue weighted by Crippen LogP contribution is 2.05. The van der Waals surface area contributed by atoms with Gasteiger partial charge in [-0.1, -0.05) is 0 Å². The maximum Gasteiger partial charge on any atom is 0.339 e. The summed E-state index contributed by atoms with van der Waals surface area (Å²) in [6.45, 7) is 2.14. The first kappa shape index (κ1) is 7.65. The molecule has 1 heterocycles. The number of nitrogens with two attached hydrogens (primary N) is 1. The van der Waals surface area contributed by atoms with Crippen LogP contribution in [0.15, 0.2) is 12.3 Å². The van der Waals surface area contributed by atoms with Gasteiger partial charge in [-0.15, -0.1) is 0 Å². The Morgan fingerprint density at radius 3 is 3.00 bits per heavy atom. The first-order valence-corrected chi connectivity index (χ1v) is 3.35. The van der Waals surface area contributed by atoms with Gasteiger partial charge in [-0.25, -0.2) is 4.79 Å². The third kappa shape index (κ3) is 1.73. The van der Waals surface area contributed by atoms with Crippen LogP contribution in [0.3, 0.4) is 0 Å². The third-order valence-electron chi connectivity index (χ3n) is 1.22. The number of hydrogen-bond donors (Lipinski definition) is 2. The molecule has 4 heteroatoms. The third-order valence-corrected chi connectivity index (χ3v) is 1.22. The number of nitrogens with one attached hydrogen (secondary N) is 1. The maximum absolute atomic E-state index is 11.0. The zero-order chi connectivity index (χ0) is 8.27. The fourth-order valence-corrected chi connectivity index (χ4v) is 0.744. The average molecular weight is 154 g/mol. The molecule has 0 aromatic carbocycles. The van der Waals surface area contributed by atoms with Crippen LogP contribution in [0, 0.1) is 0 Å². The molecule has 4 nitrogen and oxygen atoms in total. The lowest BCUT2D eigenvalue weighted by Crippen LogP contribution is -2.02. The summed E-state index contributed by atoms with van der Waals surface area (Å²) >= 11 is 0. The van der Waals surface area contributed by atoms with Crippen molar-refractivity contribution >= 4 is 11.8 Å². The Balaban J connectivity index is 2.69. The summed E-state index contributed by atoms with van der Waals surface area (Å²) in [6.07, 6.45) is 1.52. The van der Waals surface area contributed by atoms with Crippen LogP contribution in [0.1, 0.15) is 17.3 Å². The fourth-order valence-electron chi connectivity index (χ4n) is 0.744. The van der Waals surface area contributed by atoms with Crippen LogP contribution in [-0.4, -0.2) is 17.6 Å². The largest absolute Gasteiger partial charge is 0.462 e. The molecule has 60 valence electrons. The normalized spacial score (nSPS) is 9.55. The molecule has 0 aliphatic carbocycles. The molecule has 1 rings (SSSR count). The number of nitrogen functional groups attached to an aromatic ring is 1. The molecule has 1 aromatic rings. The lowest BCUT2D eigenvalue weighted by atomic mass is 10.3. The Labute approximate surface area is 64.4 Å². The minimum atomic E-state index is -0.347. The predicted octanol–water partition coefficient (Wildman–Crippen LogP) is 0.774. The fraction of sp³-hybridized carbons (Fsp3) is 0.286. The molecule has 0 radical (unpaired) electrons. The molecule has 0 unspecified atom stereocenters. The standard InChI is InChI=1S/C7H10N2O2/c1-2-11-7(10)5-3-6(8)9-4-5/h3-4,9H,2,8H2,1H3. The topological polar surface area (TPSA) is 68.1 Å². The van der Waals surface area contributed by atoms with Crippen molar-refractivity contribution in [1.82, 2.24) is 4.98 Å². The van der Waals surface area contributed by atoms with Crippen LogP contribution in [-0.2, 0) is 4.74 Å².